The Kier molecular flexibility index (Phi) is 3.61. The molecule has 5 nitrogen and oxygen atoms in total. The molecule has 1 heterocycles. The fourth-order valence-electron chi connectivity index (χ4n) is 2.00. The molecule has 22 heavy (non-hydrogen) atoms. The molecule has 0 spiro atoms. The second kappa shape index (κ2) is 5.45. The van der Waals surface area contributed by atoms with E-state index < -0.39 is 26.6 Å². The van der Waals surface area contributed by atoms with Crippen molar-refractivity contribution in [2.24, 2.45) is 0 Å². The maximum Gasteiger partial charge on any atom is 0.262 e. The molecule has 0 fully saturated rings. The Bertz CT molecular complexity index is 803. The van der Waals surface area contributed by atoms with Crippen LogP contribution in [0.5, 0.6) is 11.5 Å². The van der Waals surface area contributed by atoms with E-state index in [-0.39, 0.29) is 5.69 Å². The van der Waals surface area contributed by atoms with Gasteiger partial charge in [-0.3, -0.25) is 4.72 Å². The lowest BCUT2D eigenvalue weighted by atomic mass is 10.3. The van der Waals surface area contributed by atoms with Gasteiger partial charge in [0.15, 0.2) is 11.5 Å². The summed E-state index contributed by atoms with van der Waals surface area (Å²) in [7, 11) is -4.11. The number of sulfonamides is 1. The van der Waals surface area contributed by atoms with Crippen molar-refractivity contribution in [3.63, 3.8) is 0 Å². The number of fused-ring (bicyclic) bond motifs is 1. The summed E-state index contributed by atoms with van der Waals surface area (Å²) in [5.41, 5.74) is 0.203. The van der Waals surface area contributed by atoms with E-state index in [0.29, 0.717) is 30.8 Å². The fraction of sp³-hybridized carbons (Fsp3) is 0.143. The molecule has 0 aromatic heterocycles. The van der Waals surface area contributed by atoms with E-state index in [2.05, 4.69) is 4.72 Å². The van der Waals surface area contributed by atoms with Crippen LogP contribution < -0.4 is 14.2 Å². The molecule has 0 amide bonds. The molecule has 0 radical (unpaired) electrons. The smallest absolute Gasteiger partial charge is 0.262 e. The highest BCUT2D eigenvalue weighted by Crippen LogP contribution is 2.33. The zero-order chi connectivity index (χ0) is 15.7. The average molecular weight is 327 g/mol. The monoisotopic (exact) mass is 327 g/mol. The summed E-state index contributed by atoms with van der Waals surface area (Å²) in [4.78, 5) is -0.500. The Hall–Kier alpha value is -2.35. The number of benzene rings is 2. The van der Waals surface area contributed by atoms with Crippen molar-refractivity contribution in [2.45, 2.75) is 4.90 Å². The van der Waals surface area contributed by atoms with Crippen molar-refractivity contribution in [1.29, 1.82) is 0 Å². The van der Waals surface area contributed by atoms with Crippen LogP contribution in [0.4, 0.5) is 14.5 Å². The maximum atomic E-state index is 13.2. The standard InChI is InChI=1S/C14H11F2NO4S/c15-9-5-10(16)7-12(6-9)22(18,19)17-11-1-2-13-14(8-11)21-4-3-20-13/h1-2,5-8,17H,3-4H2. The first-order valence-electron chi connectivity index (χ1n) is 6.33. The first kappa shape index (κ1) is 14.6. The summed E-state index contributed by atoms with van der Waals surface area (Å²) in [6.07, 6.45) is 0. The van der Waals surface area contributed by atoms with Crippen molar-refractivity contribution in [2.75, 3.05) is 17.9 Å². The highest BCUT2D eigenvalue weighted by molar-refractivity contribution is 7.92. The van der Waals surface area contributed by atoms with Crippen molar-refractivity contribution in [3.05, 3.63) is 48.0 Å². The van der Waals surface area contributed by atoms with Crippen LogP contribution in [0, 0.1) is 11.6 Å². The van der Waals surface area contributed by atoms with Crippen LogP contribution in [-0.2, 0) is 10.0 Å². The number of ether oxygens (including phenoxy) is 2. The first-order chi connectivity index (χ1) is 10.4. The van der Waals surface area contributed by atoms with Crippen molar-refractivity contribution in [3.8, 4) is 11.5 Å². The van der Waals surface area contributed by atoms with Crippen molar-refractivity contribution < 1.29 is 26.7 Å². The normalized spacial score (nSPS) is 13.7. The molecule has 2 aromatic rings. The van der Waals surface area contributed by atoms with Gasteiger partial charge in [-0.2, -0.15) is 0 Å². The SMILES string of the molecule is O=S(=O)(Nc1ccc2c(c1)OCCO2)c1cc(F)cc(F)c1. The minimum atomic E-state index is -4.11. The average Bonchev–Trinajstić information content (AvgIpc) is 2.46. The molecule has 0 aliphatic carbocycles. The van der Waals surface area contributed by atoms with Crippen molar-refractivity contribution >= 4 is 15.7 Å². The van der Waals surface area contributed by atoms with Crippen LogP contribution in [0.25, 0.3) is 0 Å². The number of halogens is 2. The van der Waals surface area contributed by atoms with E-state index in [9.17, 15) is 17.2 Å². The maximum absolute atomic E-state index is 13.2. The van der Waals surface area contributed by atoms with E-state index in [0.717, 1.165) is 12.1 Å². The zero-order valence-corrected chi connectivity index (χ0v) is 12.0. The van der Waals surface area contributed by atoms with Gasteiger partial charge in [-0.25, -0.2) is 17.2 Å². The van der Waals surface area contributed by atoms with Gasteiger partial charge < -0.3 is 9.47 Å². The molecule has 0 bridgehead atoms. The van der Waals surface area contributed by atoms with Gasteiger partial charge in [0.25, 0.3) is 10.0 Å². The quantitative estimate of drug-likeness (QED) is 0.941. The van der Waals surface area contributed by atoms with Crippen LogP contribution in [-0.4, -0.2) is 21.6 Å². The Morgan fingerprint density at radius 1 is 0.909 bits per heavy atom. The fourth-order valence-corrected chi connectivity index (χ4v) is 3.10. The Morgan fingerprint density at radius 3 is 2.23 bits per heavy atom. The summed E-state index contributed by atoms with van der Waals surface area (Å²) in [6, 6.07) is 6.55. The third-order valence-corrected chi connectivity index (χ3v) is 4.30. The van der Waals surface area contributed by atoms with Crippen LogP contribution in [0.2, 0.25) is 0 Å². The second-order valence-electron chi connectivity index (χ2n) is 4.57. The lowest BCUT2D eigenvalue weighted by Gasteiger charge is -2.19. The predicted molar refractivity (Wildman–Crippen MR) is 74.6 cm³/mol. The van der Waals surface area contributed by atoms with Gasteiger partial charge >= 0.3 is 0 Å². The molecule has 1 aliphatic heterocycles. The Balaban J connectivity index is 1.91. The van der Waals surface area contributed by atoms with E-state index >= 15 is 0 Å². The number of hydrogen-bond donors (Lipinski definition) is 1. The van der Waals surface area contributed by atoms with Gasteiger partial charge in [-0.05, 0) is 24.3 Å². The van der Waals surface area contributed by atoms with E-state index in [1.165, 1.54) is 12.1 Å². The Labute approximate surface area is 125 Å². The molecule has 0 unspecified atom stereocenters. The summed E-state index contributed by atoms with van der Waals surface area (Å²) in [6.45, 7) is 0.777. The van der Waals surface area contributed by atoms with Gasteiger partial charge in [0.1, 0.15) is 24.8 Å². The van der Waals surface area contributed by atoms with Gasteiger partial charge in [0, 0.05) is 12.1 Å². The molecule has 0 atom stereocenters. The largest absolute Gasteiger partial charge is 0.486 e. The van der Waals surface area contributed by atoms with Crippen LogP contribution in [0.3, 0.4) is 0 Å². The van der Waals surface area contributed by atoms with E-state index in [4.69, 9.17) is 9.47 Å². The molecule has 3 rings (SSSR count). The lowest BCUT2D eigenvalue weighted by molar-refractivity contribution is 0.171. The van der Waals surface area contributed by atoms with E-state index in [1.807, 2.05) is 0 Å². The predicted octanol–water partition coefficient (Wildman–Crippen LogP) is 2.54. The number of rotatable bonds is 3. The zero-order valence-electron chi connectivity index (χ0n) is 11.2. The molecular formula is C14H11F2NO4S. The molecule has 116 valence electrons. The second-order valence-corrected chi connectivity index (χ2v) is 6.25. The Morgan fingerprint density at radius 2 is 1.55 bits per heavy atom. The van der Waals surface area contributed by atoms with E-state index in [1.54, 1.807) is 6.07 Å². The van der Waals surface area contributed by atoms with Crippen LogP contribution in [0.1, 0.15) is 0 Å². The summed E-state index contributed by atoms with van der Waals surface area (Å²) < 4.78 is 63.5. The topological polar surface area (TPSA) is 64.6 Å². The highest BCUT2D eigenvalue weighted by Gasteiger charge is 2.18. The molecular weight excluding hydrogens is 316 g/mol. The lowest BCUT2D eigenvalue weighted by Crippen LogP contribution is -2.17. The number of nitrogens with one attached hydrogen (secondary N) is 1. The van der Waals surface area contributed by atoms with Crippen molar-refractivity contribution in [1.82, 2.24) is 0 Å². The third kappa shape index (κ3) is 2.96. The molecule has 8 heteroatoms. The van der Waals surface area contributed by atoms with Gasteiger partial charge in [0.05, 0.1) is 10.6 Å². The van der Waals surface area contributed by atoms with Gasteiger partial charge in [0.2, 0.25) is 0 Å². The van der Waals surface area contributed by atoms with Crippen LogP contribution >= 0.6 is 0 Å². The summed E-state index contributed by atoms with van der Waals surface area (Å²) >= 11 is 0. The molecule has 0 saturated carbocycles. The van der Waals surface area contributed by atoms with Gasteiger partial charge in [-0.1, -0.05) is 0 Å². The molecule has 2 aromatic carbocycles. The molecule has 1 N–H and O–H groups in total. The number of anilines is 1. The van der Waals surface area contributed by atoms with Crippen LogP contribution in [0.15, 0.2) is 41.3 Å². The summed E-state index contributed by atoms with van der Waals surface area (Å²) in [5, 5.41) is 0. The third-order valence-electron chi connectivity index (χ3n) is 2.94. The first-order valence-corrected chi connectivity index (χ1v) is 7.81. The molecule has 1 aliphatic rings. The molecule has 0 saturated heterocycles. The minimum Gasteiger partial charge on any atom is -0.486 e. The minimum absolute atomic E-state index is 0.203. The van der Waals surface area contributed by atoms with Gasteiger partial charge in [-0.15, -0.1) is 0 Å². The highest BCUT2D eigenvalue weighted by atomic mass is 32.2. The number of hydrogen-bond acceptors (Lipinski definition) is 4. The summed E-state index contributed by atoms with van der Waals surface area (Å²) in [5.74, 6) is -1.03.